The lowest BCUT2D eigenvalue weighted by Crippen LogP contribution is -2.29. The van der Waals surface area contributed by atoms with E-state index in [-0.39, 0.29) is 4.83 Å². The van der Waals surface area contributed by atoms with Crippen molar-refractivity contribution in [3.63, 3.8) is 0 Å². The van der Waals surface area contributed by atoms with Crippen LogP contribution in [-0.2, 0) is 10.0 Å². The van der Waals surface area contributed by atoms with Crippen LogP contribution in [0, 0.1) is 6.92 Å². The van der Waals surface area contributed by atoms with E-state index in [1.807, 2.05) is 6.92 Å². The van der Waals surface area contributed by atoms with Gasteiger partial charge in [-0.2, -0.15) is 0 Å². The zero-order chi connectivity index (χ0) is 13.6. The maximum Gasteiger partial charge on any atom is 0.240 e. The number of hydrogen-bond acceptors (Lipinski definition) is 2. The highest BCUT2D eigenvalue weighted by atomic mass is 79.9. The summed E-state index contributed by atoms with van der Waals surface area (Å²) in [6, 6.07) is 6.87. The van der Waals surface area contributed by atoms with Crippen LogP contribution in [0.15, 0.2) is 29.2 Å². The summed E-state index contributed by atoms with van der Waals surface area (Å²) in [7, 11) is -3.38. The summed E-state index contributed by atoms with van der Waals surface area (Å²) in [6.07, 6.45) is 3.20. The molecule has 0 heterocycles. The van der Waals surface area contributed by atoms with E-state index in [1.54, 1.807) is 24.3 Å². The molecule has 0 saturated heterocycles. The van der Waals surface area contributed by atoms with Gasteiger partial charge in [0, 0.05) is 11.4 Å². The molecule has 0 unspecified atom stereocenters. The Morgan fingerprint density at radius 2 is 1.89 bits per heavy atom. The van der Waals surface area contributed by atoms with E-state index in [4.69, 9.17) is 0 Å². The van der Waals surface area contributed by atoms with Crippen molar-refractivity contribution in [3.8, 4) is 0 Å². The van der Waals surface area contributed by atoms with Gasteiger partial charge in [0.2, 0.25) is 10.0 Å². The molecule has 3 nitrogen and oxygen atoms in total. The molecule has 5 heteroatoms. The molecule has 0 bridgehead atoms. The summed E-state index contributed by atoms with van der Waals surface area (Å²) in [5.74, 6) is 0. The molecule has 0 saturated carbocycles. The van der Waals surface area contributed by atoms with E-state index >= 15 is 0 Å². The molecule has 0 aliphatic rings. The van der Waals surface area contributed by atoms with Gasteiger partial charge in [0.25, 0.3) is 0 Å². The number of rotatable bonds is 7. The number of benzene rings is 1. The number of halogens is 1. The number of unbranched alkanes of at least 4 members (excludes halogenated alkanes) is 1. The van der Waals surface area contributed by atoms with Crippen LogP contribution in [0.4, 0.5) is 0 Å². The normalized spacial score (nSPS) is 13.5. The Morgan fingerprint density at radius 3 is 2.44 bits per heavy atom. The molecule has 1 aromatic rings. The third kappa shape index (κ3) is 5.08. The van der Waals surface area contributed by atoms with Crippen LogP contribution in [0.1, 0.15) is 31.7 Å². The first-order valence-corrected chi connectivity index (χ1v) is 8.56. The molecule has 18 heavy (non-hydrogen) atoms. The number of aryl methyl sites for hydroxylation is 1. The monoisotopic (exact) mass is 333 g/mol. The van der Waals surface area contributed by atoms with Crippen molar-refractivity contribution < 1.29 is 8.42 Å². The fraction of sp³-hybridized carbons (Fsp3) is 0.538. The van der Waals surface area contributed by atoms with E-state index < -0.39 is 10.0 Å². The minimum atomic E-state index is -3.38. The molecule has 0 fully saturated rings. The standard InChI is InChI=1S/C13H20BrNO2S/c1-3-4-5-12(14)10-15-18(16,17)13-8-6-11(2)7-9-13/h6-9,12,15H,3-5,10H2,1-2H3/t12-/m1/s1. The van der Waals surface area contributed by atoms with Crippen molar-refractivity contribution in [2.24, 2.45) is 0 Å². The van der Waals surface area contributed by atoms with E-state index in [0.29, 0.717) is 11.4 Å². The Kier molecular flexibility index (Phi) is 6.32. The second kappa shape index (κ2) is 7.26. The maximum absolute atomic E-state index is 12.0. The lowest BCUT2D eigenvalue weighted by Gasteiger charge is -2.11. The Labute approximate surface area is 118 Å². The Morgan fingerprint density at radius 1 is 1.28 bits per heavy atom. The van der Waals surface area contributed by atoms with Crippen LogP contribution in [0.2, 0.25) is 0 Å². The highest BCUT2D eigenvalue weighted by molar-refractivity contribution is 9.09. The van der Waals surface area contributed by atoms with Gasteiger partial charge in [0.05, 0.1) is 4.90 Å². The molecule has 1 N–H and O–H groups in total. The number of alkyl halides is 1. The molecule has 1 aromatic carbocycles. The van der Waals surface area contributed by atoms with Crippen LogP contribution in [0.3, 0.4) is 0 Å². The largest absolute Gasteiger partial charge is 0.240 e. The van der Waals surface area contributed by atoms with Gasteiger partial charge in [0.1, 0.15) is 0 Å². The summed E-state index contributed by atoms with van der Waals surface area (Å²) in [5, 5.41) is 0. The molecule has 0 aliphatic heterocycles. The van der Waals surface area contributed by atoms with Gasteiger partial charge in [0.15, 0.2) is 0 Å². The zero-order valence-electron chi connectivity index (χ0n) is 10.8. The average molecular weight is 334 g/mol. The van der Waals surface area contributed by atoms with E-state index in [0.717, 1.165) is 24.8 Å². The minimum absolute atomic E-state index is 0.192. The van der Waals surface area contributed by atoms with E-state index in [9.17, 15) is 8.42 Å². The predicted molar refractivity (Wildman–Crippen MR) is 78.6 cm³/mol. The first kappa shape index (κ1) is 15.7. The minimum Gasteiger partial charge on any atom is -0.210 e. The summed E-state index contributed by atoms with van der Waals surface area (Å²) in [4.78, 5) is 0.515. The molecule has 0 aromatic heterocycles. The number of sulfonamides is 1. The molecule has 0 amide bonds. The fourth-order valence-corrected chi connectivity index (χ4v) is 3.31. The molecule has 1 rings (SSSR count). The Hall–Kier alpha value is -0.390. The van der Waals surface area contributed by atoms with Crippen LogP contribution in [0.5, 0.6) is 0 Å². The SMILES string of the molecule is CCCC[C@@H](Br)CNS(=O)(=O)c1ccc(C)cc1. The molecule has 102 valence electrons. The summed E-state index contributed by atoms with van der Waals surface area (Å²) in [6.45, 7) is 4.48. The molecular weight excluding hydrogens is 314 g/mol. The highest BCUT2D eigenvalue weighted by Gasteiger charge is 2.15. The van der Waals surface area contributed by atoms with Gasteiger partial charge in [-0.25, -0.2) is 13.1 Å². The van der Waals surface area contributed by atoms with Crippen molar-refractivity contribution in [2.75, 3.05) is 6.54 Å². The van der Waals surface area contributed by atoms with Gasteiger partial charge in [-0.05, 0) is 25.5 Å². The molecule has 0 radical (unpaired) electrons. The van der Waals surface area contributed by atoms with Crippen LogP contribution in [-0.4, -0.2) is 19.8 Å². The van der Waals surface area contributed by atoms with E-state index in [1.165, 1.54) is 0 Å². The van der Waals surface area contributed by atoms with Gasteiger partial charge < -0.3 is 0 Å². The highest BCUT2D eigenvalue weighted by Crippen LogP contribution is 2.12. The van der Waals surface area contributed by atoms with Gasteiger partial charge in [-0.15, -0.1) is 0 Å². The lowest BCUT2D eigenvalue weighted by molar-refractivity contribution is 0.576. The van der Waals surface area contributed by atoms with Crippen molar-refractivity contribution >= 4 is 26.0 Å². The maximum atomic E-state index is 12.0. The first-order valence-electron chi connectivity index (χ1n) is 6.16. The average Bonchev–Trinajstić information content (AvgIpc) is 2.34. The molecule has 1 atom stereocenters. The van der Waals surface area contributed by atoms with Crippen molar-refractivity contribution in [3.05, 3.63) is 29.8 Å². The van der Waals surface area contributed by atoms with Crippen molar-refractivity contribution in [1.29, 1.82) is 0 Å². The second-order valence-corrected chi connectivity index (χ2v) is 7.47. The van der Waals surface area contributed by atoms with Crippen LogP contribution < -0.4 is 4.72 Å². The second-order valence-electron chi connectivity index (χ2n) is 4.40. The zero-order valence-corrected chi connectivity index (χ0v) is 13.2. The van der Waals surface area contributed by atoms with Crippen LogP contribution >= 0.6 is 15.9 Å². The van der Waals surface area contributed by atoms with Gasteiger partial charge in [-0.1, -0.05) is 53.4 Å². The van der Waals surface area contributed by atoms with Crippen molar-refractivity contribution in [2.45, 2.75) is 42.8 Å². The topological polar surface area (TPSA) is 46.2 Å². The Bertz CT molecular complexity index is 456. The summed E-state index contributed by atoms with van der Waals surface area (Å²) < 4.78 is 26.6. The number of hydrogen-bond donors (Lipinski definition) is 1. The van der Waals surface area contributed by atoms with Gasteiger partial charge >= 0.3 is 0 Å². The predicted octanol–water partition coefficient (Wildman–Crippen LogP) is 3.23. The molecule has 0 aliphatic carbocycles. The number of nitrogens with one attached hydrogen (secondary N) is 1. The lowest BCUT2D eigenvalue weighted by atomic mass is 10.2. The smallest absolute Gasteiger partial charge is 0.210 e. The fourth-order valence-electron chi connectivity index (χ4n) is 1.53. The summed E-state index contributed by atoms with van der Waals surface area (Å²) >= 11 is 3.49. The van der Waals surface area contributed by atoms with Gasteiger partial charge in [-0.3, -0.25) is 0 Å². The third-order valence-corrected chi connectivity index (χ3v) is 4.92. The van der Waals surface area contributed by atoms with Crippen LogP contribution in [0.25, 0.3) is 0 Å². The quantitative estimate of drug-likeness (QED) is 0.778. The van der Waals surface area contributed by atoms with Crippen molar-refractivity contribution in [1.82, 2.24) is 4.72 Å². The molecule has 0 spiro atoms. The molecular formula is C13H20BrNO2S. The third-order valence-electron chi connectivity index (χ3n) is 2.70. The van der Waals surface area contributed by atoms with E-state index in [2.05, 4.69) is 27.6 Å². The first-order chi connectivity index (χ1) is 8.45. The summed E-state index contributed by atoms with van der Waals surface area (Å²) in [5.41, 5.74) is 1.05. The Balaban J connectivity index is 2.57.